The second-order valence-corrected chi connectivity index (χ2v) is 5.95. The Hall–Kier alpha value is -2.75. The van der Waals surface area contributed by atoms with Gasteiger partial charge in [0.15, 0.2) is 0 Å². The van der Waals surface area contributed by atoms with Gasteiger partial charge < -0.3 is 14.8 Å². The fourth-order valence-corrected chi connectivity index (χ4v) is 3.11. The number of phenols is 1. The van der Waals surface area contributed by atoms with Gasteiger partial charge in [0.05, 0.1) is 13.0 Å². The molecule has 3 rings (SSSR count). The van der Waals surface area contributed by atoms with Crippen molar-refractivity contribution in [2.75, 3.05) is 6.61 Å². The highest BCUT2D eigenvalue weighted by atomic mass is 16.5. The first kappa shape index (κ1) is 16.1. The maximum absolute atomic E-state index is 12.1. The number of esters is 1. The Balaban J connectivity index is 2.07. The molecule has 0 bridgehead atoms. The molecular weight excluding hydrogens is 302 g/mol. The molecule has 24 heavy (non-hydrogen) atoms. The number of carbonyl (C=O) groups is 1. The van der Waals surface area contributed by atoms with Crippen LogP contribution < -0.4 is 0 Å². The summed E-state index contributed by atoms with van der Waals surface area (Å²) in [5.41, 5.74) is 4.12. The molecule has 3 aromatic rings. The number of hydrogen-bond donors (Lipinski definition) is 2. The van der Waals surface area contributed by atoms with Gasteiger partial charge in [0.25, 0.3) is 0 Å². The zero-order valence-electron chi connectivity index (χ0n) is 13.9. The summed E-state index contributed by atoms with van der Waals surface area (Å²) < 4.78 is 5.16. The number of H-pyrrole nitrogens is 1. The minimum atomic E-state index is -0.211. The number of aromatic amines is 1. The van der Waals surface area contributed by atoms with E-state index in [4.69, 9.17) is 4.74 Å². The van der Waals surface area contributed by atoms with E-state index in [1.165, 1.54) is 0 Å². The highest BCUT2D eigenvalue weighted by molar-refractivity contribution is 5.86. The lowest BCUT2D eigenvalue weighted by Crippen LogP contribution is -2.11. The van der Waals surface area contributed by atoms with Crippen molar-refractivity contribution in [1.82, 2.24) is 4.98 Å². The van der Waals surface area contributed by atoms with Gasteiger partial charge in [-0.1, -0.05) is 29.8 Å². The van der Waals surface area contributed by atoms with Crippen LogP contribution in [0.5, 0.6) is 5.75 Å². The molecule has 1 aromatic heterocycles. The zero-order valence-corrected chi connectivity index (χ0v) is 13.9. The average Bonchev–Trinajstić information content (AvgIpc) is 2.95. The van der Waals surface area contributed by atoms with Crippen LogP contribution in [0.2, 0.25) is 0 Å². The number of fused-ring (bicyclic) bond motifs is 1. The summed E-state index contributed by atoms with van der Waals surface area (Å²) in [6, 6.07) is 13.4. The SMILES string of the molecule is CCOC(=O)CC(c1cccc(C)c1)c1c[nH]c2cc(O)ccc12. The predicted molar refractivity (Wildman–Crippen MR) is 94.2 cm³/mol. The van der Waals surface area contributed by atoms with Crippen LogP contribution in [0.15, 0.2) is 48.7 Å². The lowest BCUT2D eigenvalue weighted by atomic mass is 9.87. The normalized spacial score (nSPS) is 12.2. The van der Waals surface area contributed by atoms with E-state index in [9.17, 15) is 9.90 Å². The van der Waals surface area contributed by atoms with E-state index in [-0.39, 0.29) is 24.1 Å². The molecule has 0 fully saturated rings. The summed E-state index contributed by atoms with van der Waals surface area (Å²) in [5, 5.41) is 10.7. The number of benzene rings is 2. The molecule has 0 aliphatic heterocycles. The minimum absolute atomic E-state index is 0.0951. The van der Waals surface area contributed by atoms with Gasteiger partial charge in [-0.3, -0.25) is 4.79 Å². The fraction of sp³-hybridized carbons (Fsp3) is 0.250. The number of aryl methyl sites for hydroxylation is 1. The Morgan fingerprint density at radius 3 is 2.83 bits per heavy atom. The van der Waals surface area contributed by atoms with Crippen molar-refractivity contribution >= 4 is 16.9 Å². The Morgan fingerprint density at radius 1 is 1.25 bits per heavy atom. The molecule has 0 amide bonds. The minimum Gasteiger partial charge on any atom is -0.508 e. The Kier molecular flexibility index (Phi) is 4.56. The maximum atomic E-state index is 12.1. The second-order valence-electron chi connectivity index (χ2n) is 5.95. The molecule has 0 saturated carbocycles. The van der Waals surface area contributed by atoms with Gasteiger partial charge in [-0.2, -0.15) is 0 Å². The molecule has 124 valence electrons. The first-order valence-electron chi connectivity index (χ1n) is 8.10. The first-order chi connectivity index (χ1) is 11.6. The maximum Gasteiger partial charge on any atom is 0.306 e. The van der Waals surface area contributed by atoms with Crippen molar-refractivity contribution in [2.45, 2.75) is 26.2 Å². The van der Waals surface area contributed by atoms with Gasteiger partial charge in [0.2, 0.25) is 0 Å². The number of rotatable bonds is 5. The fourth-order valence-electron chi connectivity index (χ4n) is 3.11. The summed E-state index contributed by atoms with van der Waals surface area (Å²) in [6.45, 7) is 4.23. The molecule has 4 heteroatoms. The topological polar surface area (TPSA) is 62.3 Å². The van der Waals surface area contributed by atoms with Gasteiger partial charge in [0, 0.05) is 29.1 Å². The van der Waals surface area contributed by atoms with Gasteiger partial charge in [0.1, 0.15) is 5.75 Å². The highest BCUT2D eigenvalue weighted by Crippen LogP contribution is 2.35. The van der Waals surface area contributed by atoms with Crippen molar-refractivity contribution in [1.29, 1.82) is 0 Å². The van der Waals surface area contributed by atoms with Gasteiger partial charge >= 0.3 is 5.97 Å². The Labute approximate surface area is 141 Å². The molecule has 2 N–H and O–H groups in total. The average molecular weight is 323 g/mol. The molecular formula is C20H21NO3. The van der Waals surface area contributed by atoms with Crippen LogP contribution >= 0.6 is 0 Å². The van der Waals surface area contributed by atoms with Crippen molar-refractivity contribution in [3.05, 3.63) is 65.4 Å². The van der Waals surface area contributed by atoms with Crippen LogP contribution in [0.1, 0.15) is 36.0 Å². The summed E-state index contributed by atoms with van der Waals surface area (Å²) in [6.07, 6.45) is 2.20. The zero-order chi connectivity index (χ0) is 17.1. The van der Waals surface area contributed by atoms with E-state index < -0.39 is 0 Å². The third-order valence-electron chi connectivity index (χ3n) is 4.19. The van der Waals surface area contributed by atoms with Crippen LogP contribution in [0.25, 0.3) is 10.9 Å². The number of ether oxygens (including phenoxy) is 1. The van der Waals surface area contributed by atoms with E-state index in [1.807, 2.05) is 44.3 Å². The standard InChI is InChI=1S/C20H21NO3/c1-3-24-20(23)11-17(14-6-4-5-13(2)9-14)18-12-21-19-10-15(22)7-8-16(18)19/h4-10,12,17,21-22H,3,11H2,1-2H3. The number of aromatic hydroxyl groups is 1. The quantitative estimate of drug-likeness (QED) is 0.689. The molecule has 0 saturated heterocycles. The molecule has 0 aliphatic carbocycles. The largest absolute Gasteiger partial charge is 0.508 e. The van der Waals surface area contributed by atoms with E-state index in [1.54, 1.807) is 12.1 Å². The van der Waals surface area contributed by atoms with Crippen molar-refractivity contribution in [2.24, 2.45) is 0 Å². The van der Waals surface area contributed by atoms with Crippen LogP contribution in [-0.2, 0) is 9.53 Å². The van der Waals surface area contributed by atoms with Crippen molar-refractivity contribution in [3.8, 4) is 5.75 Å². The van der Waals surface area contributed by atoms with Crippen LogP contribution in [0, 0.1) is 6.92 Å². The molecule has 1 heterocycles. The van der Waals surface area contributed by atoms with Crippen LogP contribution in [0.3, 0.4) is 0 Å². The van der Waals surface area contributed by atoms with Crippen molar-refractivity contribution in [3.63, 3.8) is 0 Å². The molecule has 1 unspecified atom stereocenters. The molecule has 1 atom stereocenters. The lowest BCUT2D eigenvalue weighted by molar-refractivity contribution is -0.143. The molecule has 2 aromatic carbocycles. The van der Waals surface area contributed by atoms with E-state index >= 15 is 0 Å². The van der Waals surface area contributed by atoms with Gasteiger partial charge in [-0.15, -0.1) is 0 Å². The number of aromatic nitrogens is 1. The monoisotopic (exact) mass is 323 g/mol. The first-order valence-corrected chi connectivity index (χ1v) is 8.10. The van der Waals surface area contributed by atoms with Crippen LogP contribution in [0.4, 0.5) is 0 Å². The summed E-state index contributed by atoms with van der Waals surface area (Å²) in [5.74, 6) is -0.0900. The second kappa shape index (κ2) is 6.79. The number of carbonyl (C=O) groups excluding carboxylic acids is 1. The smallest absolute Gasteiger partial charge is 0.306 e. The Morgan fingerprint density at radius 2 is 2.08 bits per heavy atom. The van der Waals surface area contributed by atoms with E-state index in [2.05, 4.69) is 11.1 Å². The molecule has 0 radical (unpaired) electrons. The molecule has 0 aliphatic rings. The van der Waals surface area contributed by atoms with E-state index in [0.29, 0.717) is 6.61 Å². The summed E-state index contributed by atoms with van der Waals surface area (Å²) in [7, 11) is 0. The van der Waals surface area contributed by atoms with Gasteiger partial charge in [-0.25, -0.2) is 0 Å². The molecule has 4 nitrogen and oxygen atoms in total. The van der Waals surface area contributed by atoms with Crippen LogP contribution in [-0.4, -0.2) is 22.7 Å². The third kappa shape index (κ3) is 3.27. The Bertz CT molecular complexity index is 866. The number of nitrogens with one attached hydrogen (secondary N) is 1. The highest BCUT2D eigenvalue weighted by Gasteiger charge is 2.22. The third-order valence-corrected chi connectivity index (χ3v) is 4.19. The molecule has 0 spiro atoms. The van der Waals surface area contributed by atoms with Crippen molar-refractivity contribution < 1.29 is 14.6 Å². The van der Waals surface area contributed by atoms with Gasteiger partial charge in [-0.05, 0) is 37.1 Å². The number of phenolic OH excluding ortho intramolecular Hbond substituents is 1. The van der Waals surface area contributed by atoms with E-state index in [0.717, 1.165) is 27.6 Å². The lowest BCUT2D eigenvalue weighted by Gasteiger charge is -2.17. The predicted octanol–water partition coefficient (Wildman–Crippen LogP) is 4.27. The summed E-state index contributed by atoms with van der Waals surface area (Å²) >= 11 is 0. The summed E-state index contributed by atoms with van der Waals surface area (Å²) in [4.78, 5) is 15.3. The number of hydrogen-bond acceptors (Lipinski definition) is 3.